The molecule has 0 bridgehead atoms. The van der Waals surface area contributed by atoms with E-state index >= 15 is 0 Å². The highest BCUT2D eigenvalue weighted by Crippen LogP contribution is 2.17. The molecule has 2 aromatic heterocycles. The first-order chi connectivity index (χ1) is 8.40. The largest absolute Gasteiger partial charge is 0.476 e. The van der Waals surface area contributed by atoms with Crippen LogP contribution < -0.4 is 11.5 Å². The van der Waals surface area contributed by atoms with Gasteiger partial charge in [0.2, 0.25) is 5.95 Å². The number of nitrogens with zero attached hydrogens (tertiary/aromatic N) is 4. The molecule has 0 fully saturated rings. The molecular formula is C8H6N6O4. The van der Waals surface area contributed by atoms with Crippen LogP contribution in [0.5, 0.6) is 0 Å². The summed E-state index contributed by atoms with van der Waals surface area (Å²) in [6.07, 6.45) is 0. The van der Waals surface area contributed by atoms with Crippen LogP contribution in [0.2, 0.25) is 0 Å². The number of carboxylic acids is 2. The van der Waals surface area contributed by atoms with Crippen molar-refractivity contribution in [3.05, 3.63) is 11.4 Å². The number of carbonyl (C=O) groups is 2. The number of fused-ring (bicyclic) bond motifs is 1. The number of hydrogen-bond acceptors (Lipinski definition) is 8. The van der Waals surface area contributed by atoms with Crippen molar-refractivity contribution in [3.63, 3.8) is 0 Å². The molecule has 10 heteroatoms. The molecule has 0 radical (unpaired) electrons. The van der Waals surface area contributed by atoms with Crippen LogP contribution in [-0.4, -0.2) is 42.1 Å². The standard InChI is InChI=1S/C8H6N6O4/c9-4-3-5(14-8(10)13-4)12-2(7(17)18)1(11-3)6(15)16/h(H,15,16)(H,17,18)(H4,9,10,12,13,14). The maximum absolute atomic E-state index is 10.9. The summed E-state index contributed by atoms with van der Waals surface area (Å²) in [6.45, 7) is 0. The first-order valence-corrected chi connectivity index (χ1v) is 4.47. The molecule has 0 saturated carbocycles. The van der Waals surface area contributed by atoms with Gasteiger partial charge in [-0.1, -0.05) is 0 Å². The van der Waals surface area contributed by atoms with E-state index in [2.05, 4.69) is 19.9 Å². The molecule has 2 aromatic rings. The van der Waals surface area contributed by atoms with Crippen LogP contribution in [0.15, 0.2) is 0 Å². The second-order valence-electron chi connectivity index (χ2n) is 3.17. The molecule has 18 heavy (non-hydrogen) atoms. The van der Waals surface area contributed by atoms with E-state index in [9.17, 15) is 9.59 Å². The first kappa shape index (κ1) is 11.4. The summed E-state index contributed by atoms with van der Waals surface area (Å²) < 4.78 is 0. The SMILES string of the molecule is Nc1nc(N)c2nc(C(=O)O)c(C(=O)O)nc2n1. The molecule has 0 saturated heterocycles. The van der Waals surface area contributed by atoms with E-state index in [4.69, 9.17) is 21.7 Å². The van der Waals surface area contributed by atoms with E-state index in [1.54, 1.807) is 0 Å². The Morgan fingerprint density at radius 3 is 2.00 bits per heavy atom. The third-order valence-corrected chi connectivity index (χ3v) is 1.98. The number of rotatable bonds is 2. The van der Waals surface area contributed by atoms with Gasteiger partial charge >= 0.3 is 11.9 Å². The third-order valence-electron chi connectivity index (χ3n) is 1.98. The Hall–Kier alpha value is -3.04. The summed E-state index contributed by atoms with van der Waals surface area (Å²) in [5, 5.41) is 17.7. The Morgan fingerprint density at radius 2 is 1.44 bits per heavy atom. The zero-order chi connectivity index (χ0) is 13.4. The second kappa shape index (κ2) is 3.76. The van der Waals surface area contributed by atoms with Crippen LogP contribution in [-0.2, 0) is 0 Å². The van der Waals surface area contributed by atoms with Crippen LogP contribution in [0.4, 0.5) is 11.8 Å². The zero-order valence-electron chi connectivity index (χ0n) is 8.65. The van der Waals surface area contributed by atoms with E-state index < -0.39 is 23.3 Å². The van der Waals surface area contributed by atoms with Crippen LogP contribution in [0.25, 0.3) is 11.2 Å². The summed E-state index contributed by atoms with van der Waals surface area (Å²) in [4.78, 5) is 36.1. The quantitative estimate of drug-likeness (QED) is 0.515. The molecule has 0 aliphatic carbocycles. The topological polar surface area (TPSA) is 178 Å². The molecular weight excluding hydrogens is 244 g/mol. The van der Waals surface area contributed by atoms with Gasteiger partial charge in [0.15, 0.2) is 28.4 Å². The number of carboxylic acid groups (broad SMARTS) is 2. The Kier molecular flexibility index (Phi) is 2.39. The summed E-state index contributed by atoms with van der Waals surface area (Å²) in [5.41, 5.74) is 9.01. The predicted molar refractivity (Wildman–Crippen MR) is 57.9 cm³/mol. The molecule has 10 nitrogen and oxygen atoms in total. The van der Waals surface area contributed by atoms with Gasteiger partial charge in [-0.2, -0.15) is 9.97 Å². The smallest absolute Gasteiger partial charge is 0.357 e. The van der Waals surface area contributed by atoms with Gasteiger partial charge in [0.05, 0.1) is 0 Å². The average molecular weight is 250 g/mol. The molecule has 0 spiro atoms. The van der Waals surface area contributed by atoms with E-state index in [1.807, 2.05) is 0 Å². The van der Waals surface area contributed by atoms with E-state index in [1.165, 1.54) is 0 Å². The third kappa shape index (κ3) is 1.71. The van der Waals surface area contributed by atoms with Crippen LogP contribution in [0.3, 0.4) is 0 Å². The monoisotopic (exact) mass is 250 g/mol. The van der Waals surface area contributed by atoms with E-state index in [0.29, 0.717) is 0 Å². The lowest BCUT2D eigenvalue weighted by molar-refractivity contribution is 0.0642. The number of hydrogen-bond donors (Lipinski definition) is 4. The van der Waals surface area contributed by atoms with Crippen molar-refractivity contribution < 1.29 is 19.8 Å². The highest BCUT2D eigenvalue weighted by molar-refractivity contribution is 6.01. The van der Waals surface area contributed by atoms with Gasteiger partial charge in [-0.3, -0.25) is 0 Å². The van der Waals surface area contributed by atoms with Crippen molar-refractivity contribution in [2.24, 2.45) is 0 Å². The van der Waals surface area contributed by atoms with Crippen molar-refractivity contribution in [2.45, 2.75) is 0 Å². The summed E-state index contributed by atoms with van der Waals surface area (Å²) >= 11 is 0. The highest BCUT2D eigenvalue weighted by atomic mass is 16.4. The number of aromatic carboxylic acids is 2. The first-order valence-electron chi connectivity index (χ1n) is 4.47. The van der Waals surface area contributed by atoms with Crippen molar-refractivity contribution >= 4 is 34.9 Å². The van der Waals surface area contributed by atoms with Gasteiger partial charge < -0.3 is 21.7 Å². The van der Waals surface area contributed by atoms with Crippen molar-refractivity contribution in [3.8, 4) is 0 Å². The van der Waals surface area contributed by atoms with Gasteiger partial charge in [0.1, 0.15) is 0 Å². The average Bonchev–Trinajstić information content (AvgIpc) is 2.26. The minimum Gasteiger partial charge on any atom is -0.476 e. The Balaban J connectivity index is 2.89. The van der Waals surface area contributed by atoms with Gasteiger partial charge in [0.25, 0.3) is 0 Å². The maximum Gasteiger partial charge on any atom is 0.357 e. The summed E-state index contributed by atoms with van der Waals surface area (Å²) in [5.74, 6) is -3.48. The maximum atomic E-state index is 10.9. The Bertz CT molecular complexity index is 685. The lowest BCUT2D eigenvalue weighted by Crippen LogP contribution is -2.15. The normalized spacial score (nSPS) is 10.4. The molecule has 2 rings (SSSR count). The van der Waals surface area contributed by atoms with Gasteiger partial charge in [-0.25, -0.2) is 19.6 Å². The lowest BCUT2D eigenvalue weighted by Gasteiger charge is -2.04. The molecule has 2 heterocycles. The predicted octanol–water partition coefficient (Wildman–Crippen LogP) is -1.02. The molecule has 0 aromatic carbocycles. The van der Waals surface area contributed by atoms with Gasteiger partial charge in [-0.05, 0) is 0 Å². The number of aromatic nitrogens is 4. The number of anilines is 2. The lowest BCUT2D eigenvalue weighted by atomic mass is 10.3. The minimum absolute atomic E-state index is 0.119. The Labute approximate surface area is 98.3 Å². The van der Waals surface area contributed by atoms with Crippen molar-refractivity contribution in [1.29, 1.82) is 0 Å². The fraction of sp³-hybridized carbons (Fsp3) is 0. The van der Waals surface area contributed by atoms with E-state index in [-0.39, 0.29) is 22.9 Å². The highest BCUT2D eigenvalue weighted by Gasteiger charge is 2.22. The van der Waals surface area contributed by atoms with Crippen molar-refractivity contribution in [1.82, 2.24) is 19.9 Å². The summed E-state index contributed by atoms with van der Waals surface area (Å²) in [6, 6.07) is 0. The van der Waals surface area contributed by atoms with Crippen molar-refractivity contribution in [2.75, 3.05) is 11.5 Å². The molecule has 0 amide bonds. The number of nitrogen functional groups attached to an aromatic ring is 2. The van der Waals surface area contributed by atoms with Crippen LogP contribution in [0.1, 0.15) is 21.0 Å². The number of nitrogens with two attached hydrogens (primary N) is 2. The molecule has 6 N–H and O–H groups in total. The fourth-order valence-corrected chi connectivity index (χ4v) is 1.28. The molecule has 0 aliphatic heterocycles. The molecule has 0 atom stereocenters. The van der Waals surface area contributed by atoms with Gasteiger partial charge in [0, 0.05) is 0 Å². The summed E-state index contributed by atoms with van der Waals surface area (Å²) in [7, 11) is 0. The Morgan fingerprint density at radius 1 is 0.889 bits per heavy atom. The van der Waals surface area contributed by atoms with E-state index in [0.717, 1.165) is 0 Å². The molecule has 92 valence electrons. The molecule has 0 aliphatic rings. The second-order valence-corrected chi connectivity index (χ2v) is 3.17. The minimum atomic E-state index is -1.54. The fourth-order valence-electron chi connectivity index (χ4n) is 1.28. The molecule has 0 unspecified atom stereocenters. The van der Waals surface area contributed by atoms with Crippen LogP contribution in [0, 0.1) is 0 Å². The zero-order valence-corrected chi connectivity index (χ0v) is 8.65. The van der Waals surface area contributed by atoms with Crippen LogP contribution >= 0.6 is 0 Å². The van der Waals surface area contributed by atoms with Gasteiger partial charge in [-0.15, -0.1) is 0 Å².